The van der Waals surface area contributed by atoms with Gasteiger partial charge < -0.3 is 14.8 Å². The van der Waals surface area contributed by atoms with Gasteiger partial charge in [0.05, 0.1) is 18.4 Å². The minimum atomic E-state index is -0.420. The van der Waals surface area contributed by atoms with E-state index in [1.807, 2.05) is 0 Å². The number of esters is 1. The van der Waals surface area contributed by atoms with Gasteiger partial charge in [0.15, 0.2) is 6.61 Å². The fraction of sp³-hybridized carbons (Fsp3) is 0.350. The molecule has 1 N–H and O–H groups in total. The number of benzene rings is 1. The van der Waals surface area contributed by atoms with Gasteiger partial charge in [0.2, 0.25) is 0 Å². The number of carbonyl (C=O) groups is 2. The number of fused-ring (bicyclic) bond motifs is 1. The third kappa shape index (κ3) is 4.18. The molecule has 1 aromatic carbocycles. The molecule has 1 aliphatic rings. The number of nitrogens with one attached hydrogen (secondary N) is 1. The van der Waals surface area contributed by atoms with Crippen LogP contribution in [0.1, 0.15) is 34.1 Å². The molecule has 0 spiro atoms. The molecular weight excluding hydrogens is 406 g/mol. The molecule has 0 saturated heterocycles. The summed E-state index contributed by atoms with van der Waals surface area (Å²) in [5.74, 6) is 0.340. The molecule has 0 aliphatic heterocycles. The third-order valence-corrected chi connectivity index (χ3v) is 6.14. The van der Waals surface area contributed by atoms with Gasteiger partial charge in [0.1, 0.15) is 17.1 Å². The first kappa shape index (κ1) is 20.0. The van der Waals surface area contributed by atoms with Gasteiger partial charge in [-0.15, -0.1) is 16.4 Å². The number of methoxy groups -OCH3 is 1. The predicted molar refractivity (Wildman–Crippen MR) is 110 cm³/mol. The molecule has 4 rings (SSSR count). The second-order valence-corrected chi connectivity index (χ2v) is 8.24. The molecule has 30 heavy (non-hydrogen) atoms. The van der Waals surface area contributed by atoms with Crippen LogP contribution in [0.2, 0.25) is 0 Å². The van der Waals surface area contributed by atoms with E-state index in [0.29, 0.717) is 22.2 Å². The average molecular weight is 427 g/mol. The van der Waals surface area contributed by atoms with Gasteiger partial charge in [-0.25, -0.2) is 9.48 Å². The maximum absolute atomic E-state index is 12.5. The molecule has 0 bridgehead atoms. The highest BCUT2D eigenvalue weighted by Gasteiger charge is 2.28. The molecule has 1 atom stereocenters. The normalized spacial score (nSPS) is 15.3. The fourth-order valence-corrected chi connectivity index (χ4v) is 4.86. The van der Waals surface area contributed by atoms with Gasteiger partial charge >= 0.3 is 5.97 Å². The molecule has 0 saturated carbocycles. The molecule has 2 aromatic heterocycles. The summed E-state index contributed by atoms with van der Waals surface area (Å²) in [7, 11) is 1.35. The quantitative estimate of drug-likeness (QED) is 0.603. The van der Waals surface area contributed by atoms with Crippen LogP contribution in [-0.2, 0) is 22.4 Å². The van der Waals surface area contributed by atoms with Gasteiger partial charge in [0.25, 0.3) is 5.91 Å². The fourth-order valence-electron chi connectivity index (χ4n) is 3.44. The third-order valence-electron chi connectivity index (χ3n) is 4.97. The zero-order valence-corrected chi connectivity index (χ0v) is 17.4. The SMILES string of the molecule is COC(=O)c1c(NC(=O)COc2ccc(-n3cnnn3)cc2)sc2c1CCC(C)C2. The Morgan fingerprint density at radius 2 is 2.10 bits per heavy atom. The van der Waals surface area contributed by atoms with Crippen molar-refractivity contribution >= 4 is 28.2 Å². The molecule has 3 aromatic rings. The summed E-state index contributed by atoms with van der Waals surface area (Å²) in [6.07, 6.45) is 4.23. The molecule has 10 heteroatoms. The monoisotopic (exact) mass is 427 g/mol. The Morgan fingerprint density at radius 3 is 2.80 bits per heavy atom. The highest BCUT2D eigenvalue weighted by Crippen LogP contribution is 2.40. The maximum Gasteiger partial charge on any atom is 0.341 e. The second-order valence-electron chi connectivity index (χ2n) is 7.13. The van der Waals surface area contributed by atoms with E-state index < -0.39 is 5.97 Å². The van der Waals surface area contributed by atoms with E-state index in [1.54, 1.807) is 24.3 Å². The number of rotatable bonds is 6. The van der Waals surface area contributed by atoms with E-state index in [4.69, 9.17) is 9.47 Å². The number of anilines is 1. The number of tetrazole rings is 1. The number of amides is 1. The number of aromatic nitrogens is 4. The molecule has 1 amide bonds. The van der Waals surface area contributed by atoms with Crippen molar-refractivity contribution in [1.82, 2.24) is 20.2 Å². The molecule has 2 heterocycles. The van der Waals surface area contributed by atoms with Crippen molar-refractivity contribution in [3.63, 3.8) is 0 Å². The second kappa shape index (κ2) is 8.62. The summed E-state index contributed by atoms with van der Waals surface area (Å²) in [6.45, 7) is 2.01. The van der Waals surface area contributed by atoms with Gasteiger partial charge in [-0.1, -0.05) is 6.92 Å². The van der Waals surface area contributed by atoms with Gasteiger partial charge in [0, 0.05) is 4.88 Å². The zero-order chi connectivity index (χ0) is 21.1. The smallest absolute Gasteiger partial charge is 0.341 e. The van der Waals surface area contributed by atoms with Crippen molar-refractivity contribution in [3.8, 4) is 11.4 Å². The van der Waals surface area contributed by atoms with Gasteiger partial charge in [-0.2, -0.15) is 0 Å². The van der Waals surface area contributed by atoms with E-state index in [2.05, 4.69) is 27.8 Å². The first-order valence-corrected chi connectivity index (χ1v) is 10.4. The molecule has 156 valence electrons. The predicted octanol–water partition coefficient (Wildman–Crippen LogP) is 2.65. The Hall–Kier alpha value is -3.27. The first-order valence-electron chi connectivity index (χ1n) is 9.54. The summed E-state index contributed by atoms with van der Waals surface area (Å²) in [5, 5.41) is 14.3. The van der Waals surface area contributed by atoms with Crippen LogP contribution in [0.4, 0.5) is 5.00 Å². The molecule has 1 unspecified atom stereocenters. The lowest BCUT2D eigenvalue weighted by atomic mass is 9.88. The Kier molecular flexibility index (Phi) is 5.75. The van der Waals surface area contributed by atoms with Crippen LogP contribution in [-0.4, -0.2) is 45.8 Å². The van der Waals surface area contributed by atoms with Crippen molar-refractivity contribution in [1.29, 1.82) is 0 Å². The van der Waals surface area contributed by atoms with Gasteiger partial charge in [-0.3, -0.25) is 4.79 Å². The van der Waals surface area contributed by atoms with Crippen LogP contribution < -0.4 is 10.1 Å². The Labute approximate surface area is 177 Å². The van der Waals surface area contributed by atoms with Crippen molar-refractivity contribution in [3.05, 3.63) is 46.6 Å². The Morgan fingerprint density at radius 1 is 1.30 bits per heavy atom. The molecule has 1 aliphatic carbocycles. The molecule has 9 nitrogen and oxygen atoms in total. The number of nitrogens with zero attached hydrogens (tertiary/aromatic N) is 4. The van der Waals surface area contributed by atoms with Crippen LogP contribution in [0.3, 0.4) is 0 Å². The highest BCUT2D eigenvalue weighted by atomic mass is 32.1. The summed E-state index contributed by atoms with van der Waals surface area (Å²) in [6, 6.07) is 7.03. The summed E-state index contributed by atoms with van der Waals surface area (Å²) in [5.41, 5.74) is 2.25. The minimum Gasteiger partial charge on any atom is -0.484 e. The van der Waals surface area contributed by atoms with Gasteiger partial charge in [-0.05, 0) is 65.4 Å². The minimum absolute atomic E-state index is 0.177. The molecule has 0 radical (unpaired) electrons. The van der Waals surface area contributed by atoms with E-state index >= 15 is 0 Å². The lowest BCUT2D eigenvalue weighted by Crippen LogP contribution is -2.21. The number of carbonyl (C=O) groups excluding carboxylic acids is 2. The average Bonchev–Trinajstić information content (AvgIpc) is 3.40. The Bertz CT molecular complexity index is 1050. The van der Waals surface area contributed by atoms with Crippen LogP contribution in [0.15, 0.2) is 30.6 Å². The number of hydrogen-bond acceptors (Lipinski definition) is 8. The van der Waals surface area contributed by atoms with Crippen molar-refractivity contribution in [2.24, 2.45) is 5.92 Å². The Balaban J connectivity index is 1.42. The first-order chi connectivity index (χ1) is 14.5. The lowest BCUT2D eigenvalue weighted by Gasteiger charge is -2.18. The summed E-state index contributed by atoms with van der Waals surface area (Å²) < 4.78 is 12.0. The number of ether oxygens (including phenoxy) is 2. The topological polar surface area (TPSA) is 108 Å². The van der Waals surface area contributed by atoms with E-state index in [0.717, 1.165) is 35.4 Å². The summed E-state index contributed by atoms with van der Waals surface area (Å²) >= 11 is 1.45. The highest BCUT2D eigenvalue weighted by molar-refractivity contribution is 7.17. The van der Waals surface area contributed by atoms with Crippen LogP contribution in [0.25, 0.3) is 5.69 Å². The van der Waals surface area contributed by atoms with E-state index in [1.165, 1.54) is 29.5 Å². The summed E-state index contributed by atoms with van der Waals surface area (Å²) in [4.78, 5) is 25.9. The maximum atomic E-state index is 12.5. The van der Waals surface area contributed by atoms with Crippen molar-refractivity contribution in [2.75, 3.05) is 19.0 Å². The molecular formula is C20H21N5O4S. The number of hydrogen-bond donors (Lipinski definition) is 1. The largest absolute Gasteiger partial charge is 0.484 e. The number of thiophene rings is 1. The molecule has 0 fully saturated rings. The van der Waals surface area contributed by atoms with Crippen LogP contribution in [0.5, 0.6) is 5.75 Å². The van der Waals surface area contributed by atoms with Crippen LogP contribution in [0, 0.1) is 5.92 Å². The zero-order valence-electron chi connectivity index (χ0n) is 16.6. The van der Waals surface area contributed by atoms with E-state index in [-0.39, 0.29) is 12.5 Å². The standard InChI is InChI=1S/C20H21N5O4S/c1-12-3-8-15-16(9-12)30-19(18(15)20(27)28-2)22-17(26)10-29-14-6-4-13(5-7-14)25-11-21-23-24-25/h4-7,11-12H,3,8-10H2,1-2H3,(H,22,26). The van der Waals surface area contributed by atoms with E-state index in [9.17, 15) is 9.59 Å². The lowest BCUT2D eigenvalue weighted by molar-refractivity contribution is -0.118. The van der Waals surface area contributed by atoms with Crippen LogP contribution >= 0.6 is 11.3 Å². The van der Waals surface area contributed by atoms with Crippen molar-refractivity contribution < 1.29 is 19.1 Å². The van der Waals surface area contributed by atoms with Crippen molar-refractivity contribution in [2.45, 2.75) is 26.2 Å².